The summed E-state index contributed by atoms with van der Waals surface area (Å²) in [5.41, 5.74) is 1.13. The van der Waals surface area contributed by atoms with Crippen LogP contribution >= 0.6 is 11.3 Å². The minimum absolute atomic E-state index is 0.664. The Labute approximate surface area is 138 Å². The molecule has 0 radical (unpaired) electrons. The topological polar surface area (TPSA) is 49.3 Å². The van der Waals surface area contributed by atoms with Gasteiger partial charge in [-0.25, -0.2) is 9.98 Å². The van der Waals surface area contributed by atoms with E-state index in [0.717, 1.165) is 35.7 Å². The van der Waals surface area contributed by atoms with Gasteiger partial charge in [-0.2, -0.15) is 0 Å². The number of hydrogen-bond donors (Lipinski definition) is 2. The molecular weight excluding hydrogens is 292 g/mol. The van der Waals surface area contributed by atoms with Crippen LogP contribution in [0.2, 0.25) is 0 Å². The van der Waals surface area contributed by atoms with Crippen molar-refractivity contribution in [3.05, 3.63) is 15.6 Å². The lowest BCUT2D eigenvalue weighted by atomic mass is 10.0. The van der Waals surface area contributed by atoms with E-state index < -0.39 is 0 Å². The van der Waals surface area contributed by atoms with E-state index in [9.17, 15) is 0 Å². The first kappa shape index (κ1) is 17.3. The molecule has 0 spiro atoms. The van der Waals surface area contributed by atoms with Crippen LogP contribution in [0.25, 0.3) is 0 Å². The average molecular weight is 323 g/mol. The van der Waals surface area contributed by atoms with Gasteiger partial charge < -0.3 is 10.6 Å². The summed E-state index contributed by atoms with van der Waals surface area (Å²) in [4.78, 5) is 10.5. The van der Waals surface area contributed by atoms with E-state index in [2.05, 4.69) is 41.4 Å². The smallest absolute Gasteiger partial charge is 0.191 e. The van der Waals surface area contributed by atoms with Gasteiger partial charge in [0.1, 0.15) is 5.01 Å². The molecule has 124 valence electrons. The van der Waals surface area contributed by atoms with Gasteiger partial charge in [-0.05, 0) is 39.5 Å². The highest BCUT2D eigenvalue weighted by Crippen LogP contribution is 2.28. The van der Waals surface area contributed by atoms with Crippen LogP contribution in [0.5, 0.6) is 0 Å². The number of hydrogen-bond acceptors (Lipinski definition) is 3. The van der Waals surface area contributed by atoms with E-state index in [4.69, 9.17) is 0 Å². The van der Waals surface area contributed by atoms with Crippen molar-refractivity contribution in [1.29, 1.82) is 0 Å². The van der Waals surface area contributed by atoms with Crippen molar-refractivity contribution in [2.75, 3.05) is 13.1 Å². The Morgan fingerprint density at radius 3 is 2.68 bits per heavy atom. The molecule has 5 heteroatoms. The minimum Gasteiger partial charge on any atom is -0.357 e. The lowest BCUT2D eigenvalue weighted by molar-refractivity contribution is 0.481. The molecule has 0 unspecified atom stereocenters. The zero-order valence-corrected chi connectivity index (χ0v) is 15.1. The fraction of sp³-hybridized carbons (Fsp3) is 0.765. The number of thiazole rings is 1. The normalized spacial score (nSPS) is 16.2. The Hall–Kier alpha value is -1.10. The molecule has 0 aliphatic heterocycles. The third-order valence-electron chi connectivity index (χ3n) is 4.35. The van der Waals surface area contributed by atoms with Crippen molar-refractivity contribution < 1.29 is 0 Å². The number of aryl methyl sites for hydroxylation is 2. The Kier molecular flexibility index (Phi) is 7.16. The van der Waals surface area contributed by atoms with E-state index in [0.29, 0.717) is 6.54 Å². The van der Waals surface area contributed by atoms with Gasteiger partial charge in [0.25, 0.3) is 0 Å². The molecule has 2 rings (SSSR count). The van der Waals surface area contributed by atoms with Gasteiger partial charge in [-0.15, -0.1) is 11.3 Å². The van der Waals surface area contributed by atoms with Crippen LogP contribution in [0.15, 0.2) is 4.99 Å². The number of nitrogens with one attached hydrogen (secondary N) is 2. The van der Waals surface area contributed by atoms with Crippen molar-refractivity contribution in [3.63, 3.8) is 0 Å². The Balaban J connectivity index is 1.74. The van der Waals surface area contributed by atoms with Gasteiger partial charge >= 0.3 is 0 Å². The molecule has 0 aromatic carbocycles. The minimum atomic E-state index is 0.664. The predicted molar refractivity (Wildman–Crippen MR) is 95.6 cm³/mol. The number of aromatic nitrogens is 1. The van der Waals surface area contributed by atoms with Crippen LogP contribution in [0, 0.1) is 19.8 Å². The fourth-order valence-electron chi connectivity index (χ4n) is 2.99. The van der Waals surface area contributed by atoms with Crippen molar-refractivity contribution in [1.82, 2.24) is 15.6 Å². The van der Waals surface area contributed by atoms with E-state index >= 15 is 0 Å². The highest BCUT2D eigenvalue weighted by Gasteiger charge is 2.14. The molecule has 1 heterocycles. The third kappa shape index (κ3) is 5.59. The van der Waals surface area contributed by atoms with E-state index in [-0.39, 0.29) is 0 Å². The second kappa shape index (κ2) is 9.13. The first-order valence-electron chi connectivity index (χ1n) is 8.64. The quantitative estimate of drug-likeness (QED) is 0.456. The molecule has 2 N–H and O–H groups in total. The van der Waals surface area contributed by atoms with E-state index in [1.165, 1.54) is 43.4 Å². The number of rotatable bonds is 7. The molecule has 0 bridgehead atoms. The molecule has 0 atom stereocenters. The molecule has 1 aliphatic carbocycles. The number of aliphatic imine (C=N–C) groups is 1. The van der Waals surface area contributed by atoms with Crippen LogP contribution in [0.1, 0.15) is 61.0 Å². The predicted octanol–water partition coefficient (Wildman–Crippen LogP) is 3.79. The summed E-state index contributed by atoms with van der Waals surface area (Å²) in [7, 11) is 0. The van der Waals surface area contributed by atoms with Crippen molar-refractivity contribution >= 4 is 17.3 Å². The zero-order valence-electron chi connectivity index (χ0n) is 14.2. The standard InChI is InChI=1S/C17H30N4S/c1-4-18-17(19-11-7-10-15-8-5-6-9-15)20-12-16-21-13(2)14(3)22-16/h15H,4-12H2,1-3H3,(H2,18,19,20). The molecule has 1 aromatic heterocycles. The van der Waals surface area contributed by atoms with Crippen molar-refractivity contribution in [2.24, 2.45) is 10.9 Å². The fourth-order valence-corrected chi connectivity index (χ4v) is 3.85. The van der Waals surface area contributed by atoms with Crippen LogP contribution in [0.3, 0.4) is 0 Å². The summed E-state index contributed by atoms with van der Waals surface area (Å²) in [6.07, 6.45) is 8.36. The second-order valence-electron chi connectivity index (χ2n) is 6.16. The van der Waals surface area contributed by atoms with Gasteiger partial charge in [-0.3, -0.25) is 0 Å². The van der Waals surface area contributed by atoms with Gasteiger partial charge in [-0.1, -0.05) is 25.7 Å². The second-order valence-corrected chi connectivity index (χ2v) is 7.45. The molecular formula is C17H30N4S. The summed E-state index contributed by atoms with van der Waals surface area (Å²) in [6, 6.07) is 0. The molecule has 4 nitrogen and oxygen atoms in total. The maximum atomic E-state index is 4.65. The highest BCUT2D eigenvalue weighted by molar-refractivity contribution is 7.11. The van der Waals surface area contributed by atoms with Gasteiger partial charge in [0, 0.05) is 18.0 Å². The number of nitrogens with zero attached hydrogens (tertiary/aromatic N) is 2. The SMILES string of the molecule is CCNC(=NCc1nc(C)c(C)s1)NCCCC1CCCC1. The van der Waals surface area contributed by atoms with Crippen LogP contribution in [-0.2, 0) is 6.54 Å². The first-order chi connectivity index (χ1) is 10.7. The summed E-state index contributed by atoms with van der Waals surface area (Å²) in [5.74, 6) is 1.89. The van der Waals surface area contributed by atoms with E-state index in [1.807, 2.05) is 0 Å². The maximum absolute atomic E-state index is 4.65. The van der Waals surface area contributed by atoms with Gasteiger partial charge in [0.15, 0.2) is 5.96 Å². The molecule has 22 heavy (non-hydrogen) atoms. The lowest BCUT2D eigenvalue weighted by Crippen LogP contribution is -2.37. The highest BCUT2D eigenvalue weighted by atomic mass is 32.1. The third-order valence-corrected chi connectivity index (χ3v) is 5.40. The summed E-state index contributed by atoms with van der Waals surface area (Å²) < 4.78 is 0. The first-order valence-corrected chi connectivity index (χ1v) is 9.45. The maximum Gasteiger partial charge on any atom is 0.191 e. The van der Waals surface area contributed by atoms with Crippen LogP contribution in [0.4, 0.5) is 0 Å². The molecule has 1 saturated carbocycles. The van der Waals surface area contributed by atoms with Crippen LogP contribution in [-0.4, -0.2) is 24.0 Å². The summed E-state index contributed by atoms with van der Waals surface area (Å²) >= 11 is 1.75. The van der Waals surface area contributed by atoms with Gasteiger partial charge in [0.2, 0.25) is 0 Å². The van der Waals surface area contributed by atoms with Gasteiger partial charge in [0.05, 0.1) is 12.2 Å². The molecule has 0 saturated heterocycles. The summed E-state index contributed by atoms with van der Waals surface area (Å²) in [5, 5.41) is 7.87. The van der Waals surface area contributed by atoms with Crippen LogP contribution < -0.4 is 10.6 Å². The van der Waals surface area contributed by atoms with E-state index in [1.54, 1.807) is 11.3 Å². The molecule has 1 aromatic rings. The van der Waals surface area contributed by atoms with Crippen molar-refractivity contribution in [3.8, 4) is 0 Å². The zero-order chi connectivity index (χ0) is 15.8. The van der Waals surface area contributed by atoms with Crippen molar-refractivity contribution in [2.45, 2.75) is 65.8 Å². The average Bonchev–Trinajstić information content (AvgIpc) is 3.11. The molecule has 0 amide bonds. The monoisotopic (exact) mass is 322 g/mol. The lowest BCUT2D eigenvalue weighted by Gasteiger charge is -2.12. The Morgan fingerprint density at radius 2 is 2.05 bits per heavy atom. The molecule has 1 fully saturated rings. The molecule has 1 aliphatic rings. The Morgan fingerprint density at radius 1 is 1.27 bits per heavy atom. The Bertz CT molecular complexity index is 456. The number of guanidine groups is 1. The largest absolute Gasteiger partial charge is 0.357 e. The summed E-state index contributed by atoms with van der Waals surface area (Å²) in [6.45, 7) is 8.85.